The molecule has 3 atom stereocenters. The summed E-state index contributed by atoms with van der Waals surface area (Å²) >= 11 is 0. The van der Waals surface area contributed by atoms with E-state index in [9.17, 15) is 14.4 Å². The van der Waals surface area contributed by atoms with Crippen molar-refractivity contribution in [2.45, 2.75) is 119 Å². The van der Waals surface area contributed by atoms with Gasteiger partial charge in [0.25, 0.3) is 17.9 Å². The lowest BCUT2D eigenvalue weighted by Gasteiger charge is -2.21. The predicted octanol–water partition coefficient (Wildman–Crippen LogP) is 6.25. The van der Waals surface area contributed by atoms with Crippen molar-refractivity contribution >= 4 is 25.2 Å². The molecule has 0 saturated heterocycles. The van der Waals surface area contributed by atoms with Crippen LogP contribution in [0.4, 0.5) is 0 Å². The molecule has 0 amide bonds. The van der Waals surface area contributed by atoms with Crippen LogP contribution in [0, 0.1) is 17.8 Å². The molecule has 0 aliphatic carbocycles. The molecule has 0 spiro atoms. The maximum absolute atomic E-state index is 12.7. The molecule has 0 N–H and O–H groups in total. The highest BCUT2D eigenvalue weighted by molar-refractivity contribution is 6.44. The zero-order valence-corrected chi connectivity index (χ0v) is 20.7. The molecule has 31 heavy (non-hydrogen) atoms. The Labute approximate surface area is 190 Å². The zero-order chi connectivity index (χ0) is 23.6. The third kappa shape index (κ3) is 12.2. The second kappa shape index (κ2) is 18.1. The Kier molecular flexibility index (Phi) is 17.2. The van der Waals surface area contributed by atoms with E-state index in [4.69, 9.17) is 14.0 Å². The van der Waals surface area contributed by atoms with Gasteiger partial charge in [-0.05, 0) is 38.5 Å². The van der Waals surface area contributed by atoms with Gasteiger partial charge < -0.3 is 14.0 Å². The van der Waals surface area contributed by atoms with Gasteiger partial charge in [0.15, 0.2) is 0 Å². The van der Waals surface area contributed by atoms with Gasteiger partial charge >= 0.3 is 7.32 Å². The lowest BCUT2D eigenvalue weighted by Crippen LogP contribution is -2.39. The lowest BCUT2D eigenvalue weighted by atomic mass is 9.97. The summed E-state index contributed by atoms with van der Waals surface area (Å²) in [6.07, 6.45) is 9.59. The molecular formula is C24H45BO6. The van der Waals surface area contributed by atoms with Gasteiger partial charge in [0.05, 0.1) is 17.8 Å². The summed E-state index contributed by atoms with van der Waals surface area (Å²) in [7, 11) is -1.62. The first-order valence-corrected chi connectivity index (χ1v) is 12.5. The van der Waals surface area contributed by atoms with Gasteiger partial charge in [-0.2, -0.15) is 0 Å². The summed E-state index contributed by atoms with van der Waals surface area (Å²) in [5.41, 5.74) is 0. The Morgan fingerprint density at radius 2 is 0.806 bits per heavy atom. The van der Waals surface area contributed by atoms with Crippen LogP contribution in [-0.2, 0) is 28.3 Å². The highest BCUT2D eigenvalue weighted by atomic mass is 16.8. The summed E-state index contributed by atoms with van der Waals surface area (Å²) in [5.74, 6) is -2.35. The van der Waals surface area contributed by atoms with Crippen molar-refractivity contribution in [3.05, 3.63) is 0 Å². The predicted molar refractivity (Wildman–Crippen MR) is 124 cm³/mol. The van der Waals surface area contributed by atoms with Gasteiger partial charge in [-0.25, -0.2) is 0 Å². The van der Waals surface area contributed by atoms with Crippen molar-refractivity contribution in [2.75, 3.05) is 0 Å². The van der Waals surface area contributed by atoms with Crippen molar-refractivity contribution in [3.8, 4) is 0 Å². The fourth-order valence-corrected chi connectivity index (χ4v) is 3.46. The van der Waals surface area contributed by atoms with E-state index < -0.39 is 25.2 Å². The SMILES string of the molecule is CCCCC(CC)C(=O)OB(OC(=O)C(CC)CCCC)OC(=O)C(CC)CCCC. The highest BCUT2D eigenvalue weighted by Crippen LogP contribution is 2.20. The minimum absolute atomic E-state index is 0.302. The molecule has 7 heteroatoms. The van der Waals surface area contributed by atoms with Crippen LogP contribution in [0.15, 0.2) is 0 Å². The molecule has 0 heterocycles. The molecule has 0 fully saturated rings. The molecular weight excluding hydrogens is 395 g/mol. The maximum atomic E-state index is 12.7. The molecule has 0 aromatic heterocycles. The van der Waals surface area contributed by atoms with Crippen LogP contribution in [-0.4, -0.2) is 25.2 Å². The van der Waals surface area contributed by atoms with E-state index in [0.717, 1.165) is 38.5 Å². The molecule has 0 saturated carbocycles. The standard InChI is InChI=1S/C24H45BO6/c1-7-13-16-19(10-4)22(26)29-25(30-23(27)20(11-5)17-14-8-2)31-24(28)21(12-6)18-15-9-3/h19-21H,7-18H2,1-6H3. The van der Waals surface area contributed by atoms with Gasteiger partial charge in [0.1, 0.15) is 0 Å². The minimum Gasteiger partial charge on any atom is -0.462 e. The molecule has 6 nitrogen and oxygen atoms in total. The van der Waals surface area contributed by atoms with Gasteiger partial charge in [0.2, 0.25) is 0 Å². The average Bonchev–Trinajstić information content (AvgIpc) is 2.75. The number of carbonyl (C=O) groups excluding carboxylic acids is 3. The summed E-state index contributed by atoms with van der Waals surface area (Å²) in [5, 5.41) is 0. The molecule has 0 radical (unpaired) electrons. The smallest absolute Gasteiger partial charge is 0.462 e. The van der Waals surface area contributed by atoms with E-state index in [-0.39, 0.29) is 17.8 Å². The van der Waals surface area contributed by atoms with Gasteiger partial charge in [0, 0.05) is 0 Å². The number of hydrogen-bond acceptors (Lipinski definition) is 6. The zero-order valence-electron chi connectivity index (χ0n) is 20.7. The molecule has 0 rings (SSSR count). The molecule has 0 aromatic carbocycles. The van der Waals surface area contributed by atoms with Crippen LogP contribution in [0.3, 0.4) is 0 Å². The van der Waals surface area contributed by atoms with Gasteiger partial charge in [-0.3, -0.25) is 14.4 Å². The van der Waals surface area contributed by atoms with Crippen molar-refractivity contribution in [1.82, 2.24) is 0 Å². The van der Waals surface area contributed by atoms with E-state index in [2.05, 4.69) is 20.8 Å². The van der Waals surface area contributed by atoms with Crippen molar-refractivity contribution < 1.29 is 28.3 Å². The molecule has 3 unspecified atom stereocenters. The van der Waals surface area contributed by atoms with Crippen molar-refractivity contribution in [1.29, 1.82) is 0 Å². The maximum Gasteiger partial charge on any atom is 0.870 e. The van der Waals surface area contributed by atoms with Crippen molar-refractivity contribution in [3.63, 3.8) is 0 Å². The van der Waals surface area contributed by atoms with E-state index in [1.54, 1.807) is 0 Å². The Morgan fingerprint density at radius 3 is 1.00 bits per heavy atom. The first-order chi connectivity index (χ1) is 14.9. The first-order valence-electron chi connectivity index (χ1n) is 12.5. The fraction of sp³-hybridized carbons (Fsp3) is 0.875. The van der Waals surface area contributed by atoms with E-state index in [1.165, 1.54) is 0 Å². The van der Waals surface area contributed by atoms with Crippen LogP contribution in [0.25, 0.3) is 0 Å². The number of carbonyl (C=O) groups is 3. The highest BCUT2D eigenvalue weighted by Gasteiger charge is 2.40. The first kappa shape index (κ1) is 29.5. The largest absolute Gasteiger partial charge is 0.870 e. The molecule has 0 aliphatic heterocycles. The molecule has 0 bridgehead atoms. The topological polar surface area (TPSA) is 78.9 Å². The molecule has 180 valence electrons. The Hall–Kier alpha value is -1.53. The minimum atomic E-state index is -1.62. The molecule has 0 aromatic rings. The average molecular weight is 440 g/mol. The van der Waals surface area contributed by atoms with E-state index >= 15 is 0 Å². The normalized spacial score (nSPS) is 13.7. The number of rotatable bonds is 18. The molecule has 0 aliphatic rings. The quantitative estimate of drug-likeness (QED) is 0.234. The summed E-state index contributed by atoms with van der Waals surface area (Å²) in [6.45, 7) is 11.9. The van der Waals surface area contributed by atoms with Crippen molar-refractivity contribution in [2.24, 2.45) is 17.8 Å². The van der Waals surface area contributed by atoms with Gasteiger partial charge in [-0.15, -0.1) is 0 Å². The number of hydrogen-bond donors (Lipinski definition) is 0. The Balaban J connectivity index is 5.32. The van der Waals surface area contributed by atoms with Crippen LogP contribution in [0.1, 0.15) is 119 Å². The van der Waals surface area contributed by atoms with E-state index in [0.29, 0.717) is 38.5 Å². The summed E-state index contributed by atoms with van der Waals surface area (Å²) in [4.78, 5) is 38.0. The van der Waals surface area contributed by atoms with Crippen LogP contribution < -0.4 is 0 Å². The second-order valence-electron chi connectivity index (χ2n) is 8.34. The van der Waals surface area contributed by atoms with Crippen LogP contribution in [0.5, 0.6) is 0 Å². The summed E-state index contributed by atoms with van der Waals surface area (Å²) < 4.78 is 16.2. The van der Waals surface area contributed by atoms with Crippen LogP contribution in [0.2, 0.25) is 0 Å². The summed E-state index contributed by atoms with van der Waals surface area (Å²) in [6, 6.07) is 0. The van der Waals surface area contributed by atoms with Crippen LogP contribution >= 0.6 is 0 Å². The number of unbranched alkanes of at least 4 members (excludes halogenated alkanes) is 3. The monoisotopic (exact) mass is 440 g/mol. The third-order valence-electron chi connectivity index (χ3n) is 5.83. The van der Waals surface area contributed by atoms with Gasteiger partial charge in [-0.1, -0.05) is 80.1 Å². The Bertz CT molecular complexity index is 439. The second-order valence-corrected chi connectivity index (χ2v) is 8.34. The third-order valence-corrected chi connectivity index (χ3v) is 5.83. The Morgan fingerprint density at radius 1 is 0.548 bits per heavy atom. The van der Waals surface area contributed by atoms with E-state index in [1.807, 2.05) is 20.8 Å². The lowest BCUT2D eigenvalue weighted by molar-refractivity contribution is -0.153. The fourth-order valence-electron chi connectivity index (χ4n) is 3.46.